The second kappa shape index (κ2) is 10.7. The van der Waals surface area contributed by atoms with Crippen LogP contribution in [-0.4, -0.2) is 0 Å². The van der Waals surface area contributed by atoms with Gasteiger partial charge in [0.05, 0.1) is 31.8 Å². The highest BCUT2D eigenvalue weighted by Crippen LogP contribution is 2.64. The van der Waals surface area contributed by atoms with Gasteiger partial charge in [-0.1, -0.05) is 151 Å². The van der Waals surface area contributed by atoms with Gasteiger partial charge in [-0.2, -0.15) is 0 Å². The topological polar surface area (TPSA) is 16.4 Å². The molecule has 238 valence electrons. The van der Waals surface area contributed by atoms with E-state index in [1.54, 1.807) is 6.07 Å². The first-order chi connectivity index (χ1) is 28.2. The molecule has 0 saturated carbocycles. The predicted molar refractivity (Wildman–Crippen MR) is 210 cm³/mol. The first-order valence-corrected chi connectivity index (χ1v) is 17.0. The molecule has 1 unspecified atom stereocenters. The van der Waals surface area contributed by atoms with Crippen molar-refractivity contribution in [3.05, 3.63) is 210 Å². The Morgan fingerprint density at radius 1 is 0.451 bits per heavy atom. The number of furan rings is 1. The number of para-hydroxylation sites is 1. The molecule has 2 aliphatic carbocycles. The molecule has 0 N–H and O–H groups in total. The first kappa shape index (κ1) is 22.2. The molecule has 0 bridgehead atoms. The molecule has 8 aromatic carbocycles. The highest BCUT2D eigenvalue weighted by atomic mass is 16.3. The van der Waals surface area contributed by atoms with Crippen molar-refractivity contribution in [2.45, 2.75) is 5.41 Å². The molecular formula is C49H31NO. The molecule has 1 heterocycles. The summed E-state index contributed by atoms with van der Waals surface area (Å²) >= 11 is 0. The van der Waals surface area contributed by atoms with Gasteiger partial charge in [0.15, 0.2) is 0 Å². The minimum absolute atomic E-state index is 0.146. The fraction of sp³-hybridized carbons (Fsp3) is 0.0204. The summed E-state index contributed by atoms with van der Waals surface area (Å²) in [6.07, 6.45) is 0. The molecule has 2 heteroatoms. The second-order valence-electron chi connectivity index (χ2n) is 13.1. The van der Waals surface area contributed by atoms with E-state index in [0.29, 0.717) is 11.1 Å². The zero-order valence-corrected chi connectivity index (χ0v) is 27.2. The van der Waals surface area contributed by atoms with E-state index in [9.17, 15) is 4.11 Å². The molecule has 0 saturated heterocycles. The third-order valence-electron chi connectivity index (χ3n) is 10.6. The Morgan fingerprint density at radius 2 is 1.10 bits per heavy atom. The summed E-state index contributed by atoms with van der Waals surface area (Å²) in [5, 5.41) is 1.91. The van der Waals surface area contributed by atoms with Crippen LogP contribution in [0.2, 0.25) is 0 Å². The van der Waals surface area contributed by atoms with Gasteiger partial charge in [-0.3, -0.25) is 0 Å². The van der Waals surface area contributed by atoms with Crippen LogP contribution in [0.1, 0.15) is 31.8 Å². The van der Waals surface area contributed by atoms with Crippen molar-refractivity contribution in [3.8, 4) is 33.4 Å². The number of fused-ring (bicyclic) bond motifs is 13. The van der Waals surface area contributed by atoms with Crippen molar-refractivity contribution in [2.24, 2.45) is 0 Å². The van der Waals surface area contributed by atoms with Crippen LogP contribution in [0.15, 0.2) is 192 Å². The summed E-state index contributed by atoms with van der Waals surface area (Å²) < 4.78 is 69.6. The van der Waals surface area contributed by atoms with Crippen LogP contribution >= 0.6 is 0 Å². The minimum atomic E-state index is -1.32. The van der Waals surface area contributed by atoms with Crippen LogP contribution in [0.4, 0.5) is 17.1 Å². The maximum atomic E-state index is 9.52. The highest BCUT2D eigenvalue weighted by Gasteiger charge is 2.52. The first-order valence-electron chi connectivity index (χ1n) is 20.5. The van der Waals surface area contributed by atoms with Crippen LogP contribution in [0.25, 0.3) is 55.3 Å². The summed E-state index contributed by atoms with van der Waals surface area (Å²) in [6.45, 7) is 0. The van der Waals surface area contributed by atoms with E-state index in [4.69, 9.17) is 9.90 Å². The second-order valence-corrected chi connectivity index (χ2v) is 13.1. The van der Waals surface area contributed by atoms with Crippen molar-refractivity contribution in [1.29, 1.82) is 0 Å². The molecule has 51 heavy (non-hydrogen) atoms. The molecule has 9 aromatic rings. The monoisotopic (exact) mass is 656 g/mol. The van der Waals surface area contributed by atoms with Crippen LogP contribution in [-0.2, 0) is 5.41 Å². The van der Waals surface area contributed by atoms with Gasteiger partial charge < -0.3 is 9.32 Å². The van der Waals surface area contributed by atoms with Gasteiger partial charge in [0.2, 0.25) is 0 Å². The number of hydrogen-bond acceptors (Lipinski definition) is 2. The summed E-state index contributed by atoms with van der Waals surface area (Å²) in [4.78, 5) is 2.24. The third kappa shape index (κ3) is 3.82. The van der Waals surface area contributed by atoms with Gasteiger partial charge in [0.25, 0.3) is 0 Å². The van der Waals surface area contributed by atoms with E-state index in [0.717, 1.165) is 72.4 Å². The predicted octanol–water partition coefficient (Wildman–Crippen LogP) is 13.1. The van der Waals surface area contributed by atoms with Crippen molar-refractivity contribution >= 4 is 39.0 Å². The van der Waals surface area contributed by atoms with Gasteiger partial charge in [-0.25, -0.2) is 0 Å². The number of hydrogen-bond donors (Lipinski definition) is 0. The van der Waals surface area contributed by atoms with E-state index in [2.05, 4.69) is 59.5 Å². The van der Waals surface area contributed by atoms with Crippen molar-refractivity contribution < 1.29 is 14.0 Å². The molecular weight excluding hydrogens is 619 g/mol. The third-order valence-corrected chi connectivity index (χ3v) is 10.6. The van der Waals surface area contributed by atoms with Crippen LogP contribution in [0, 0.1) is 0 Å². The average molecular weight is 657 g/mol. The zero-order valence-electron chi connectivity index (χ0n) is 34.2. The largest absolute Gasteiger partial charge is 0.456 e. The molecule has 0 fully saturated rings. The molecule has 2 nitrogen and oxygen atoms in total. The summed E-state index contributed by atoms with van der Waals surface area (Å²) in [7, 11) is 0. The Kier molecular flexibility index (Phi) is 4.64. The maximum absolute atomic E-state index is 9.52. The van der Waals surface area contributed by atoms with E-state index < -0.39 is 11.5 Å². The highest BCUT2D eigenvalue weighted by molar-refractivity contribution is 6.14. The Labute approximate surface area is 306 Å². The number of rotatable bonds is 4. The van der Waals surface area contributed by atoms with Gasteiger partial charge >= 0.3 is 0 Å². The van der Waals surface area contributed by atoms with Crippen molar-refractivity contribution in [2.75, 3.05) is 4.90 Å². The minimum Gasteiger partial charge on any atom is -0.456 e. The van der Waals surface area contributed by atoms with Crippen molar-refractivity contribution in [3.63, 3.8) is 0 Å². The lowest BCUT2D eigenvalue weighted by Crippen LogP contribution is -2.26. The number of nitrogens with zero attached hydrogens (tertiary/aromatic N) is 1. The number of benzene rings is 8. The van der Waals surface area contributed by atoms with Crippen LogP contribution in [0.3, 0.4) is 0 Å². The summed E-state index contributed by atoms with van der Waals surface area (Å²) in [6, 6.07) is 46.5. The Balaban J connectivity index is 1.27. The molecule has 2 aliphatic rings. The normalized spacial score (nSPS) is 17.1. The lowest BCUT2D eigenvalue weighted by molar-refractivity contribution is 0.669. The Bertz CT molecular complexity index is 3210. The Hall–Kier alpha value is -6.64. The molecule has 0 radical (unpaired) electrons. The van der Waals surface area contributed by atoms with E-state index in [1.165, 1.54) is 0 Å². The summed E-state index contributed by atoms with van der Waals surface area (Å²) in [5.74, 6) is 0. The average Bonchev–Trinajstić information content (AvgIpc) is 3.89. The molecule has 0 amide bonds. The van der Waals surface area contributed by atoms with Gasteiger partial charge in [-0.15, -0.1) is 0 Å². The standard InChI is InChI=1S/C49H31NO/c1-2-14-32(15-3-1)33-28-30-34(31-29-33)50(44-25-13-27-46-48(44)38-19-7-11-26-45(38)51-46)43-24-12-23-42-47(43)37-18-6-10-22-41(37)49(42)39-20-8-4-16-35(39)36-17-5-9-21-40(36)49/h1-31H/i4D,5D,8D,9D,16D,17D,20D. The Morgan fingerprint density at radius 3 is 2.00 bits per heavy atom. The molecule has 1 spiro atoms. The van der Waals surface area contributed by atoms with Crippen LogP contribution in [0.5, 0.6) is 0 Å². The summed E-state index contributed by atoms with van der Waals surface area (Å²) in [5.41, 5.74) is 9.53. The van der Waals surface area contributed by atoms with Crippen LogP contribution < -0.4 is 4.90 Å². The van der Waals surface area contributed by atoms with Gasteiger partial charge in [0.1, 0.15) is 11.2 Å². The zero-order chi connectivity index (χ0) is 39.6. The van der Waals surface area contributed by atoms with E-state index >= 15 is 0 Å². The van der Waals surface area contributed by atoms with E-state index in [1.807, 2.05) is 84.9 Å². The van der Waals surface area contributed by atoms with Crippen molar-refractivity contribution in [1.82, 2.24) is 0 Å². The maximum Gasteiger partial charge on any atom is 0.137 e. The smallest absolute Gasteiger partial charge is 0.137 e. The quantitative estimate of drug-likeness (QED) is 0.187. The van der Waals surface area contributed by atoms with E-state index in [-0.39, 0.29) is 47.4 Å². The van der Waals surface area contributed by atoms with Gasteiger partial charge in [0, 0.05) is 16.6 Å². The fourth-order valence-electron chi connectivity index (χ4n) is 8.59. The lowest BCUT2D eigenvalue weighted by atomic mass is 9.70. The molecule has 1 atom stereocenters. The number of anilines is 3. The molecule has 0 aliphatic heterocycles. The SMILES string of the molecule is [2H]c1cc2c(c([2H])c1[2H])-c1c([2H])c([2H])c([2H])c([2H])c1C21c2ccccc2-c2c(N(c3ccc(-c4ccccc4)cc3)c3cccc4oc5ccccc5c34)cccc21. The lowest BCUT2D eigenvalue weighted by Gasteiger charge is -2.32. The molecule has 1 aromatic heterocycles. The van der Waals surface area contributed by atoms with Gasteiger partial charge in [-0.05, 0) is 86.5 Å². The molecule has 11 rings (SSSR count). The fourth-order valence-corrected chi connectivity index (χ4v) is 8.59.